The van der Waals surface area contributed by atoms with Crippen molar-refractivity contribution in [2.45, 2.75) is 70.5 Å². The van der Waals surface area contributed by atoms with Crippen LogP contribution in [0.25, 0.3) is 0 Å². The van der Waals surface area contributed by atoms with Gasteiger partial charge in [-0.1, -0.05) is 53.4 Å². The van der Waals surface area contributed by atoms with Crippen molar-refractivity contribution in [1.82, 2.24) is 10.2 Å². The standard InChI is InChI=1S/C26H31BrN2O4/c1-18(26(31)28-22-8-3-2-4-9-22)29(16-20-6-5-7-21(27)14-20)25(30)13-11-19-10-12-23-24(15-19)33-17-32-23/h5-7,10,12,14-15,18,22H,2-4,8-9,11,13,16-17H2,1H3,(H,28,31)/t18-/m0/s1. The van der Waals surface area contributed by atoms with Gasteiger partial charge in [-0.2, -0.15) is 0 Å². The number of halogens is 1. The number of fused-ring (bicyclic) bond motifs is 1. The molecule has 0 unspecified atom stereocenters. The predicted octanol–water partition coefficient (Wildman–Crippen LogP) is 4.98. The third kappa shape index (κ3) is 6.28. The monoisotopic (exact) mass is 514 g/mol. The fourth-order valence-electron chi connectivity index (χ4n) is 4.47. The molecular formula is C26H31BrN2O4. The van der Waals surface area contributed by atoms with Crippen LogP contribution in [0.3, 0.4) is 0 Å². The van der Waals surface area contributed by atoms with Gasteiger partial charge in [-0.15, -0.1) is 0 Å². The van der Waals surface area contributed by atoms with Crippen LogP contribution in [-0.2, 0) is 22.6 Å². The maximum absolute atomic E-state index is 13.4. The highest BCUT2D eigenvalue weighted by Gasteiger charge is 2.28. The van der Waals surface area contributed by atoms with Gasteiger partial charge >= 0.3 is 0 Å². The minimum Gasteiger partial charge on any atom is -0.454 e. The van der Waals surface area contributed by atoms with E-state index >= 15 is 0 Å². The molecule has 0 bridgehead atoms. The van der Waals surface area contributed by atoms with Gasteiger partial charge in [-0.05, 0) is 61.6 Å². The van der Waals surface area contributed by atoms with Gasteiger partial charge in [0.15, 0.2) is 11.5 Å². The molecule has 33 heavy (non-hydrogen) atoms. The Bertz CT molecular complexity index is 990. The van der Waals surface area contributed by atoms with Crippen LogP contribution in [0.4, 0.5) is 0 Å². The van der Waals surface area contributed by atoms with E-state index in [0.29, 0.717) is 25.1 Å². The first-order valence-corrected chi connectivity index (χ1v) is 12.5. The molecule has 0 saturated heterocycles. The molecule has 1 saturated carbocycles. The van der Waals surface area contributed by atoms with Crippen molar-refractivity contribution < 1.29 is 19.1 Å². The van der Waals surface area contributed by atoms with Crippen LogP contribution in [0, 0.1) is 0 Å². The Hall–Kier alpha value is -2.54. The van der Waals surface area contributed by atoms with Crippen molar-refractivity contribution in [3.8, 4) is 11.5 Å². The zero-order chi connectivity index (χ0) is 23.2. The van der Waals surface area contributed by atoms with E-state index in [-0.39, 0.29) is 24.6 Å². The van der Waals surface area contributed by atoms with Crippen LogP contribution < -0.4 is 14.8 Å². The Morgan fingerprint density at radius 3 is 2.64 bits per heavy atom. The van der Waals surface area contributed by atoms with Gasteiger partial charge in [0.05, 0.1) is 0 Å². The molecule has 176 valence electrons. The van der Waals surface area contributed by atoms with Gasteiger partial charge in [0.1, 0.15) is 6.04 Å². The highest BCUT2D eigenvalue weighted by molar-refractivity contribution is 9.10. The van der Waals surface area contributed by atoms with Gasteiger partial charge in [-0.25, -0.2) is 0 Å². The number of nitrogens with zero attached hydrogens (tertiary/aromatic N) is 1. The largest absolute Gasteiger partial charge is 0.454 e. The summed E-state index contributed by atoms with van der Waals surface area (Å²) in [5.74, 6) is 1.33. The molecule has 2 aromatic rings. The van der Waals surface area contributed by atoms with E-state index in [1.165, 1.54) is 6.42 Å². The summed E-state index contributed by atoms with van der Waals surface area (Å²) in [6.45, 7) is 2.44. The van der Waals surface area contributed by atoms with Gasteiger partial charge in [0.2, 0.25) is 18.6 Å². The summed E-state index contributed by atoms with van der Waals surface area (Å²) in [6.07, 6.45) is 6.45. The number of nitrogens with one attached hydrogen (secondary N) is 1. The number of amides is 2. The van der Waals surface area contributed by atoms with Crippen molar-refractivity contribution in [3.63, 3.8) is 0 Å². The molecule has 1 heterocycles. The van der Waals surface area contributed by atoms with E-state index in [2.05, 4.69) is 21.2 Å². The molecule has 2 amide bonds. The number of carbonyl (C=O) groups excluding carboxylic acids is 2. The minimum atomic E-state index is -0.546. The normalized spacial score (nSPS) is 16.3. The zero-order valence-electron chi connectivity index (χ0n) is 19.0. The number of rotatable bonds is 8. The van der Waals surface area contributed by atoms with Crippen LogP contribution in [-0.4, -0.2) is 35.6 Å². The number of hydrogen-bond donors (Lipinski definition) is 1. The number of ether oxygens (including phenoxy) is 2. The number of aryl methyl sites for hydroxylation is 1. The fraction of sp³-hybridized carbons (Fsp3) is 0.462. The second-order valence-corrected chi connectivity index (χ2v) is 9.77. The maximum Gasteiger partial charge on any atom is 0.242 e. The second kappa shape index (κ2) is 11.1. The summed E-state index contributed by atoms with van der Waals surface area (Å²) in [4.78, 5) is 28.1. The number of hydrogen-bond acceptors (Lipinski definition) is 4. The summed E-state index contributed by atoms with van der Waals surface area (Å²) in [5.41, 5.74) is 1.99. The van der Waals surface area contributed by atoms with Crippen LogP contribution >= 0.6 is 15.9 Å². The Labute approximate surface area is 203 Å². The Morgan fingerprint density at radius 1 is 1.06 bits per heavy atom. The third-order valence-electron chi connectivity index (χ3n) is 6.43. The van der Waals surface area contributed by atoms with Crippen LogP contribution in [0.15, 0.2) is 46.9 Å². The number of benzene rings is 2. The highest BCUT2D eigenvalue weighted by Crippen LogP contribution is 2.33. The topological polar surface area (TPSA) is 67.9 Å². The predicted molar refractivity (Wildman–Crippen MR) is 130 cm³/mol. The van der Waals surface area contributed by atoms with Gasteiger partial charge < -0.3 is 19.7 Å². The molecule has 2 aliphatic rings. The van der Waals surface area contributed by atoms with E-state index in [9.17, 15) is 9.59 Å². The molecule has 0 radical (unpaired) electrons. The molecule has 1 atom stereocenters. The van der Waals surface area contributed by atoms with E-state index in [1.54, 1.807) is 4.90 Å². The van der Waals surface area contributed by atoms with Crippen molar-refractivity contribution in [3.05, 3.63) is 58.1 Å². The second-order valence-electron chi connectivity index (χ2n) is 8.86. The lowest BCUT2D eigenvalue weighted by atomic mass is 9.95. The van der Waals surface area contributed by atoms with Crippen molar-refractivity contribution in [1.29, 1.82) is 0 Å². The van der Waals surface area contributed by atoms with E-state index in [0.717, 1.165) is 47.0 Å². The SMILES string of the molecule is C[C@@H](C(=O)NC1CCCCC1)N(Cc1cccc(Br)c1)C(=O)CCc1ccc2c(c1)OCO2. The average Bonchev–Trinajstić information content (AvgIpc) is 3.29. The summed E-state index contributed by atoms with van der Waals surface area (Å²) in [7, 11) is 0. The zero-order valence-corrected chi connectivity index (χ0v) is 20.6. The first-order chi connectivity index (χ1) is 16.0. The fourth-order valence-corrected chi connectivity index (χ4v) is 4.92. The molecule has 1 fully saturated rings. The molecule has 7 heteroatoms. The molecule has 6 nitrogen and oxygen atoms in total. The lowest BCUT2D eigenvalue weighted by Gasteiger charge is -2.31. The highest BCUT2D eigenvalue weighted by atomic mass is 79.9. The van der Waals surface area contributed by atoms with Crippen LogP contribution in [0.2, 0.25) is 0 Å². The van der Waals surface area contributed by atoms with Gasteiger partial charge in [0, 0.05) is 23.5 Å². The van der Waals surface area contributed by atoms with E-state index in [4.69, 9.17) is 9.47 Å². The summed E-state index contributed by atoms with van der Waals surface area (Å²) < 4.78 is 11.8. The molecule has 4 rings (SSSR count). The molecule has 1 aliphatic heterocycles. The first kappa shape index (κ1) is 23.6. The molecule has 2 aromatic carbocycles. The van der Waals surface area contributed by atoms with Crippen LogP contribution in [0.1, 0.15) is 56.6 Å². The molecule has 1 N–H and O–H groups in total. The molecule has 0 aromatic heterocycles. The van der Waals surface area contributed by atoms with Crippen molar-refractivity contribution in [2.24, 2.45) is 0 Å². The lowest BCUT2D eigenvalue weighted by molar-refractivity contribution is -0.141. The maximum atomic E-state index is 13.4. The van der Waals surface area contributed by atoms with Crippen molar-refractivity contribution in [2.75, 3.05) is 6.79 Å². The summed E-state index contributed by atoms with van der Waals surface area (Å²) in [5, 5.41) is 3.18. The van der Waals surface area contributed by atoms with E-state index < -0.39 is 6.04 Å². The Morgan fingerprint density at radius 2 is 1.85 bits per heavy atom. The number of carbonyl (C=O) groups is 2. The van der Waals surface area contributed by atoms with Gasteiger partial charge in [-0.3, -0.25) is 9.59 Å². The lowest BCUT2D eigenvalue weighted by Crippen LogP contribution is -2.50. The van der Waals surface area contributed by atoms with Gasteiger partial charge in [0.25, 0.3) is 0 Å². The molecule has 1 aliphatic carbocycles. The average molecular weight is 515 g/mol. The first-order valence-electron chi connectivity index (χ1n) is 11.7. The summed E-state index contributed by atoms with van der Waals surface area (Å²) in [6, 6.07) is 13.3. The van der Waals surface area contributed by atoms with Crippen LogP contribution in [0.5, 0.6) is 11.5 Å². The summed E-state index contributed by atoms with van der Waals surface area (Å²) >= 11 is 3.50. The van der Waals surface area contributed by atoms with E-state index in [1.807, 2.05) is 49.4 Å². The quantitative estimate of drug-likeness (QED) is 0.539. The Balaban J connectivity index is 1.44. The smallest absolute Gasteiger partial charge is 0.242 e. The molecular weight excluding hydrogens is 484 g/mol. The third-order valence-corrected chi connectivity index (χ3v) is 6.92. The minimum absolute atomic E-state index is 0.0427. The molecule has 0 spiro atoms. The Kier molecular flexibility index (Phi) is 7.91. The van der Waals surface area contributed by atoms with Crippen molar-refractivity contribution >= 4 is 27.7 Å².